The van der Waals surface area contributed by atoms with Crippen LogP contribution in [0.1, 0.15) is 49.1 Å². The van der Waals surface area contributed by atoms with Crippen molar-refractivity contribution in [2.45, 2.75) is 57.2 Å². The monoisotopic (exact) mass is 285 g/mol. The molecule has 0 bridgehead atoms. The number of halogens is 1. The van der Waals surface area contributed by atoms with Crippen molar-refractivity contribution in [1.29, 1.82) is 0 Å². The topological polar surface area (TPSA) is 21.3 Å². The minimum absolute atomic E-state index is 0.488. The largest absolute Gasteiger partial charge is 0.378 e. The maximum absolute atomic E-state index is 6.14. The molecule has 1 N–H and O–H groups in total. The van der Waals surface area contributed by atoms with E-state index >= 15 is 0 Å². The van der Waals surface area contributed by atoms with Crippen molar-refractivity contribution in [3.05, 3.63) is 20.8 Å². The van der Waals surface area contributed by atoms with Gasteiger partial charge in [0.1, 0.15) is 0 Å². The van der Waals surface area contributed by atoms with E-state index in [-0.39, 0.29) is 0 Å². The Morgan fingerprint density at radius 2 is 2.33 bits per heavy atom. The number of hydrogen-bond donors (Lipinski definition) is 1. The van der Waals surface area contributed by atoms with Gasteiger partial charge in [0.25, 0.3) is 0 Å². The van der Waals surface area contributed by atoms with Crippen LogP contribution in [0.25, 0.3) is 0 Å². The van der Waals surface area contributed by atoms with E-state index in [1.165, 1.54) is 29.7 Å². The Labute approximate surface area is 118 Å². The molecule has 1 fully saturated rings. The Hall–Kier alpha value is -0.0900. The molecule has 0 amide bonds. The summed E-state index contributed by atoms with van der Waals surface area (Å²) in [6.45, 7) is 2.91. The van der Waals surface area contributed by atoms with Crippen LogP contribution in [0.5, 0.6) is 0 Å². The Balaban J connectivity index is 1.58. The third kappa shape index (κ3) is 2.60. The Morgan fingerprint density at radius 3 is 3.11 bits per heavy atom. The standard InChI is InChI=1S/C14H20ClNOS/c1-2-17-10-6-9(7-10)16-12-4-3-5-13-11(12)8-14(15)18-13/h8-10,12,16H,2-7H2,1H3. The van der Waals surface area contributed by atoms with E-state index in [4.69, 9.17) is 16.3 Å². The molecule has 18 heavy (non-hydrogen) atoms. The van der Waals surface area contributed by atoms with Gasteiger partial charge in [-0.3, -0.25) is 0 Å². The van der Waals surface area contributed by atoms with E-state index in [2.05, 4.69) is 18.3 Å². The third-order valence-electron chi connectivity index (χ3n) is 4.02. The summed E-state index contributed by atoms with van der Waals surface area (Å²) in [5, 5.41) is 3.78. The molecule has 0 aliphatic heterocycles. The van der Waals surface area contributed by atoms with Gasteiger partial charge in [-0.2, -0.15) is 0 Å². The van der Waals surface area contributed by atoms with Gasteiger partial charge in [0.05, 0.1) is 10.4 Å². The molecule has 2 aliphatic carbocycles. The van der Waals surface area contributed by atoms with Crippen LogP contribution in [0.3, 0.4) is 0 Å². The van der Waals surface area contributed by atoms with E-state index in [0.29, 0.717) is 18.2 Å². The van der Waals surface area contributed by atoms with Gasteiger partial charge in [0, 0.05) is 23.6 Å². The number of hydrogen-bond acceptors (Lipinski definition) is 3. The number of nitrogens with one attached hydrogen (secondary N) is 1. The first kappa shape index (κ1) is 12.9. The van der Waals surface area contributed by atoms with Crippen LogP contribution in [0.15, 0.2) is 6.07 Å². The third-order valence-corrected chi connectivity index (χ3v) is 5.36. The highest BCUT2D eigenvalue weighted by Gasteiger charge is 2.33. The van der Waals surface area contributed by atoms with Crippen LogP contribution in [-0.2, 0) is 11.2 Å². The second-order valence-corrected chi connectivity index (χ2v) is 7.05. The van der Waals surface area contributed by atoms with E-state index in [1.807, 2.05) is 0 Å². The summed E-state index contributed by atoms with van der Waals surface area (Å²) in [7, 11) is 0. The summed E-state index contributed by atoms with van der Waals surface area (Å²) in [5.41, 5.74) is 1.45. The normalized spacial score (nSPS) is 30.9. The van der Waals surface area contributed by atoms with Gasteiger partial charge < -0.3 is 10.1 Å². The van der Waals surface area contributed by atoms with Gasteiger partial charge in [0.2, 0.25) is 0 Å². The van der Waals surface area contributed by atoms with Crippen LogP contribution in [-0.4, -0.2) is 18.8 Å². The molecule has 1 heterocycles. The quantitative estimate of drug-likeness (QED) is 0.905. The minimum atomic E-state index is 0.488. The summed E-state index contributed by atoms with van der Waals surface area (Å²) in [5.74, 6) is 0. The maximum Gasteiger partial charge on any atom is 0.0934 e. The van der Waals surface area contributed by atoms with Gasteiger partial charge in [-0.25, -0.2) is 0 Å². The summed E-state index contributed by atoms with van der Waals surface area (Å²) >= 11 is 7.89. The Kier molecular flexibility index (Phi) is 3.94. The molecule has 0 spiro atoms. The molecule has 1 unspecified atom stereocenters. The van der Waals surface area contributed by atoms with Crippen molar-refractivity contribution < 1.29 is 4.74 Å². The van der Waals surface area contributed by atoms with Gasteiger partial charge in [-0.1, -0.05) is 11.6 Å². The number of rotatable bonds is 4. The van der Waals surface area contributed by atoms with Crippen LogP contribution >= 0.6 is 22.9 Å². The number of fused-ring (bicyclic) bond motifs is 1. The second kappa shape index (κ2) is 5.49. The molecule has 2 nitrogen and oxygen atoms in total. The average molecular weight is 286 g/mol. The van der Waals surface area contributed by atoms with Crippen LogP contribution < -0.4 is 5.32 Å². The SMILES string of the molecule is CCOC1CC(NC2CCCc3sc(Cl)cc32)C1. The zero-order valence-corrected chi connectivity index (χ0v) is 12.3. The predicted molar refractivity (Wildman–Crippen MR) is 76.6 cm³/mol. The van der Waals surface area contributed by atoms with Crippen molar-refractivity contribution in [2.75, 3.05) is 6.61 Å². The van der Waals surface area contributed by atoms with E-state index in [0.717, 1.165) is 23.8 Å². The molecule has 1 saturated carbocycles. The highest BCUT2D eigenvalue weighted by Crippen LogP contribution is 2.39. The molecule has 3 rings (SSSR count). The maximum atomic E-state index is 6.14. The smallest absolute Gasteiger partial charge is 0.0934 e. The Morgan fingerprint density at radius 1 is 1.50 bits per heavy atom. The highest BCUT2D eigenvalue weighted by atomic mass is 35.5. The first-order valence-corrected chi connectivity index (χ1v) is 8.11. The van der Waals surface area contributed by atoms with Crippen LogP contribution in [0.4, 0.5) is 0 Å². The summed E-state index contributed by atoms with van der Waals surface area (Å²) in [6.07, 6.45) is 6.55. The molecule has 4 heteroatoms. The lowest BCUT2D eigenvalue weighted by Crippen LogP contribution is -2.47. The van der Waals surface area contributed by atoms with Gasteiger partial charge in [-0.05, 0) is 50.7 Å². The Bertz CT molecular complexity index is 414. The zero-order chi connectivity index (χ0) is 12.5. The lowest BCUT2D eigenvalue weighted by atomic mass is 9.86. The van der Waals surface area contributed by atoms with Gasteiger partial charge in [0.15, 0.2) is 0 Å². The number of aryl methyl sites for hydroxylation is 1. The van der Waals surface area contributed by atoms with Crippen molar-refractivity contribution in [3.8, 4) is 0 Å². The lowest BCUT2D eigenvalue weighted by Gasteiger charge is -2.39. The van der Waals surface area contributed by atoms with Crippen molar-refractivity contribution >= 4 is 22.9 Å². The molecule has 0 aromatic carbocycles. The summed E-state index contributed by atoms with van der Waals surface area (Å²) in [4.78, 5) is 1.49. The molecule has 0 saturated heterocycles. The molecule has 0 radical (unpaired) electrons. The fourth-order valence-electron chi connectivity index (χ4n) is 3.05. The molecule has 1 atom stereocenters. The van der Waals surface area contributed by atoms with Crippen molar-refractivity contribution in [1.82, 2.24) is 5.32 Å². The lowest BCUT2D eigenvalue weighted by molar-refractivity contribution is -0.0129. The first-order chi connectivity index (χ1) is 8.76. The molecule has 1 aromatic rings. The van der Waals surface area contributed by atoms with Crippen LogP contribution in [0.2, 0.25) is 4.34 Å². The summed E-state index contributed by atoms with van der Waals surface area (Å²) in [6, 6.07) is 3.32. The van der Waals surface area contributed by atoms with Crippen molar-refractivity contribution in [2.24, 2.45) is 0 Å². The van der Waals surface area contributed by atoms with E-state index < -0.39 is 0 Å². The van der Waals surface area contributed by atoms with E-state index in [1.54, 1.807) is 11.3 Å². The molecular weight excluding hydrogens is 266 g/mol. The number of thiophene rings is 1. The van der Waals surface area contributed by atoms with E-state index in [9.17, 15) is 0 Å². The minimum Gasteiger partial charge on any atom is -0.378 e. The van der Waals surface area contributed by atoms with Crippen molar-refractivity contribution in [3.63, 3.8) is 0 Å². The summed E-state index contributed by atoms with van der Waals surface area (Å²) < 4.78 is 6.55. The first-order valence-electron chi connectivity index (χ1n) is 6.92. The fourth-order valence-corrected chi connectivity index (χ4v) is 4.44. The molecule has 100 valence electrons. The molecule has 1 aromatic heterocycles. The zero-order valence-electron chi connectivity index (χ0n) is 10.7. The fraction of sp³-hybridized carbons (Fsp3) is 0.714. The second-order valence-electron chi connectivity index (χ2n) is 5.29. The predicted octanol–water partition coefficient (Wildman–Crippen LogP) is 3.94. The van der Waals surface area contributed by atoms with Gasteiger partial charge in [-0.15, -0.1) is 11.3 Å². The average Bonchev–Trinajstić information content (AvgIpc) is 2.67. The molecular formula is C14H20ClNOS. The number of ether oxygens (including phenoxy) is 1. The van der Waals surface area contributed by atoms with Gasteiger partial charge >= 0.3 is 0 Å². The highest BCUT2D eigenvalue weighted by molar-refractivity contribution is 7.16. The van der Waals surface area contributed by atoms with Crippen LogP contribution in [0, 0.1) is 0 Å². The molecule has 2 aliphatic rings.